The summed E-state index contributed by atoms with van der Waals surface area (Å²) in [7, 11) is 1.59. The van der Waals surface area contributed by atoms with Crippen LogP contribution in [0, 0.1) is 39.6 Å². The third kappa shape index (κ3) is 5.07. The highest BCUT2D eigenvalue weighted by Gasteiger charge is 2.34. The van der Waals surface area contributed by atoms with E-state index in [1.165, 1.54) is 24.3 Å². The van der Waals surface area contributed by atoms with Gasteiger partial charge in [0.1, 0.15) is 28.8 Å². The molecule has 0 amide bonds. The highest BCUT2D eigenvalue weighted by molar-refractivity contribution is 5.94. The number of benzene rings is 2. The van der Waals surface area contributed by atoms with E-state index in [1.807, 2.05) is 30.3 Å². The Morgan fingerprint density at radius 2 is 1.83 bits per heavy atom. The molecule has 0 saturated carbocycles. The molecule has 0 unspecified atom stereocenters. The van der Waals surface area contributed by atoms with Crippen LogP contribution < -0.4 is 15.2 Å². The van der Waals surface area contributed by atoms with Crippen molar-refractivity contribution in [2.45, 2.75) is 12.6 Å². The quantitative estimate of drug-likeness (QED) is 0.193. The van der Waals surface area contributed by atoms with Crippen molar-refractivity contribution in [2.75, 3.05) is 38.2 Å². The summed E-state index contributed by atoms with van der Waals surface area (Å²) in [6, 6.07) is 18.5. The van der Waals surface area contributed by atoms with Crippen molar-refractivity contribution in [2.24, 2.45) is 0 Å². The molecule has 4 aromatic rings. The zero-order chi connectivity index (χ0) is 29.1. The first-order chi connectivity index (χ1) is 19.9. The molecule has 5 rings (SSSR count). The number of nitriles is 1. The lowest BCUT2D eigenvalue weighted by Crippen LogP contribution is -2.48. The zero-order valence-electron chi connectivity index (χ0n) is 22.2. The summed E-state index contributed by atoms with van der Waals surface area (Å²) in [5.74, 6) is 2.70. The summed E-state index contributed by atoms with van der Waals surface area (Å²) in [6.45, 7) is 1.35. The van der Waals surface area contributed by atoms with Crippen LogP contribution in [0.4, 0.5) is 15.8 Å². The van der Waals surface area contributed by atoms with E-state index in [0.29, 0.717) is 37.4 Å². The maximum absolute atomic E-state index is 13.8. The van der Waals surface area contributed by atoms with Gasteiger partial charge in [-0.25, -0.2) is 9.37 Å². The lowest BCUT2D eigenvalue weighted by atomic mass is 9.95. The fourth-order valence-corrected chi connectivity index (χ4v) is 5.40. The Hall–Kier alpha value is -5.26. The van der Waals surface area contributed by atoms with E-state index in [0.717, 1.165) is 15.7 Å². The number of hydrogen-bond donors (Lipinski definition) is 0. The Morgan fingerprint density at radius 3 is 2.46 bits per heavy atom. The number of aromatic nitrogens is 2. The van der Waals surface area contributed by atoms with Crippen LogP contribution in [-0.4, -0.2) is 52.7 Å². The molecule has 1 saturated heterocycles. The number of ether oxygens (including phenoxy) is 1. The molecule has 11 heteroatoms. The second kappa shape index (κ2) is 11.5. The number of fused-ring (bicyclic) bond motifs is 1. The van der Waals surface area contributed by atoms with E-state index in [2.05, 4.69) is 15.8 Å². The number of nitro groups is 1. The first-order valence-corrected chi connectivity index (χ1v) is 12.8. The summed E-state index contributed by atoms with van der Waals surface area (Å²) < 4.78 is 20.6. The molecular weight excluding hydrogens is 527 g/mol. The SMILES string of the molecule is C#CCn1c(=O)c([N+](=O)[O-])c(N2CCN([C@@H](c3ccc(F)cc3)c3ccccc3OC)CC2)c2nc(C#N)ccc21. The average Bonchev–Trinajstić information content (AvgIpc) is 2.99. The van der Waals surface area contributed by atoms with Gasteiger partial charge < -0.3 is 9.64 Å². The predicted molar refractivity (Wildman–Crippen MR) is 151 cm³/mol. The van der Waals surface area contributed by atoms with E-state index in [1.54, 1.807) is 24.1 Å². The maximum Gasteiger partial charge on any atom is 0.359 e. The third-order valence-electron chi connectivity index (χ3n) is 7.22. The van der Waals surface area contributed by atoms with Crippen LogP contribution >= 0.6 is 0 Å². The molecule has 0 aliphatic carbocycles. The number of piperazine rings is 1. The molecule has 41 heavy (non-hydrogen) atoms. The molecule has 206 valence electrons. The smallest absolute Gasteiger partial charge is 0.359 e. The van der Waals surface area contributed by atoms with E-state index < -0.39 is 16.2 Å². The molecule has 0 radical (unpaired) electrons. The zero-order valence-corrected chi connectivity index (χ0v) is 22.2. The number of anilines is 1. The number of pyridine rings is 2. The molecule has 3 heterocycles. The molecule has 0 N–H and O–H groups in total. The van der Waals surface area contributed by atoms with Crippen molar-refractivity contribution in [3.63, 3.8) is 0 Å². The van der Waals surface area contributed by atoms with E-state index >= 15 is 0 Å². The Bertz CT molecular complexity index is 1770. The van der Waals surface area contributed by atoms with Crippen molar-refractivity contribution in [3.8, 4) is 24.2 Å². The van der Waals surface area contributed by atoms with Gasteiger partial charge in [0.15, 0.2) is 5.69 Å². The number of rotatable bonds is 7. The highest BCUT2D eigenvalue weighted by Crippen LogP contribution is 2.38. The van der Waals surface area contributed by atoms with Crippen LogP contribution in [0.5, 0.6) is 5.75 Å². The predicted octanol–water partition coefficient (Wildman–Crippen LogP) is 3.87. The van der Waals surface area contributed by atoms with Gasteiger partial charge in [0.25, 0.3) is 0 Å². The standard InChI is InChI=1S/C30H25FN6O4/c1-3-14-36-24-13-12-22(19-32)33-26(24)28(29(30(36)38)37(39)40)35-17-15-34(16-18-35)27(20-8-10-21(31)11-9-20)23-6-4-5-7-25(23)41-2/h1,4-13,27H,14-18H2,2H3/t27-/m0/s1. The van der Waals surface area contributed by atoms with Gasteiger partial charge in [0.05, 0.1) is 30.1 Å². The number of terminal acetylenes is 1. The summed E-state index contributed by atoms with van der Waals surface area (Å²) in [5.41, 5.74) is 0.890. The first-order valence-electron chi connectivity index (χ1n) is 12.8. The summed E-state index contributed by atoms with van der Waals surface area (Å²) in [4.78, 5) is 33.2. The molecule has 1 aliphatic heterocycles. The number of halogens is 1. The van der Waals surface area contributed by atoms with Crippen molar-refractivity contribution < 1.29 is 14.1 Å². The maximum atomic E-state index is 13.8. The van der Waals surface area contributed by atoms with Crippen LogP contribution in [0.1, 0.15) is 22.9 Å². The Balaban J connectivity index is 1.58. The lowest BCUT2D eigenvalue weighted by Gasteiger charge is -2.40. The molecule has 2 aromatic heterocycles. The molecule has 10 nitrogen and oxygen atoms in total. The second-order valence-electron chi connectivity index (χ2n) is 9.44. The van der Waals surface area contributed by atoms with Crippen molar-refractivity contribution in [3.05, 3.63) is 104 Å². The van der Waals surface area contributed by atoms with Gasteiger partial charge in [-0.2, -0.15) is 5.26 Å². The molecule has 1 fully saturated rings. The molecule has 1 aliphatic rings. The topological polar surface area (TPSA) is 118 Å². The minimum atomic E-state index is -0.831. The second-order valence-corrected chi connectivity index (χ2v) is 9.44. The minimum Gasteiger partial charge on any atom is -0.496 e. The molecule has 0 spiro atoms. The van der Waals surface area contributed by atoms with Crippen molar-refractivity contribution >= 4 is 22.4 Å². The fourth-order valence-electron chi connectivity index (χ4n) is 5.40. The van der Waals surface area contributed by atoms with E-state index in [4.69, 9.17) is 11.2 Å². The molecular formula is C30H25FN6O4. The van der Waals surface area contributed by atoms with Gasteiger partial charge in [-0.1, -0.05) is 36.3 Å². The van der Waals surface area contributed by atoms with Gasteiger partial charge in [-0.05, 0) is 35.9 Å². The summed E-state index contributed by atoms with van der Waals surface area (Å²) in [5, 5.41) is 21.7. The number of hydrogen-bond acceptors (Lipinski definition) is 8. The average molecular weight is 553 g/mol. The number of methoxy groups -OCH3 is 1. The van der Waals surface area contributed by atoms with Gasteiger partial charge in [0.2, 0.25) is 0 Å². The summed E-state index contributed by atoms with van der Waals surface area (Å²) in [6.07, 6.45) is 5.45. The normalized spacial score (nSPS) is 14.3. The number of nitrogens with zero attached hydrogens (tertiary/aromatic N) is 6. The molecule has 1 atom stereocenters. The largest absolute Gasteiger partial charge is 0.496 e. The van der Waals surface area contributed by atoms with Crippen molar-refractivity contribution in [1.82, 2.24) is 14.5 Å². The van der Waals surface area contributed by atoms with Crippen LogP contribution in [0.15, 0.2) is 65.5 Å². The van der Waals surface area contributed by atoms with Crippen LogP contribution in [-0.2, 0) is 6.54 Å². The van der Waals surface area contributed by atoms with Gasteiger partial charge in [0, 0.05) is 31.7 Å². The lowest BCUT2D eigenvalue weighted by molar-refractivity contribution is -0.385. The van der Waals surface area contributed by atoms with Crippen LogP contribution in [0.3, 0.4) is 0 Å². The van der Waals surface area contributed by atoms with Crippen LogP contribution in [0.25, 0.3) is 11.0 Å². The first kappa shape index (κ1) is 27.3. The Morgan fingerprint density at radius 1 is 1.12 bits per heavy atom. The Kier molecular flexibility index (Phi) is 7.64. The van der Waals surface area contributed by atoms with Gasteiger partial charge >= 0.3 is 11.2 Å². The van der Waals surface area contributed by atoms with Gasteiger partial charge in [-0.15, -0.1) is 6.42 Å². The summed E-state index contributed by atoms with van der Waals surface area (Å²) >= 11 is 0. The Labute approximate surface area is 235 Å². The van der Waals surface area contributed by atoms with E-state index in [-0.39, 0.29) is 35.3 Å². The molecule has 0 bridgehead atoms. The fraction of sp³-hybridized carbons (Fsp3) is 0.233. The van der Waals surface area contributed by atoms with Crippen LogP contribution in [0.2, 0.25) is 0 Å². The minimum absolute atomic E-state index is 0.0603. The number of para-hydroxylation sites is 1. The third-order valence-corrected chi connectivity index (χ3v) is 7.22. The van der Waals surface area contributed by atoms with Gasteiger partial charge in [-0.3, -0.25) is 24.4 Å². The van der Waals surface area contributed by atoms with E-state index in [9.17, 15) is 24.6 Å². The van der Waals surface area contributed by atoms with Crippen molar-refractivity contribution in [1.29, 1.82) is 5.26 Å². The molecule has 2 aromatic carbocycles. The monoisotopic (exact) mass is 552 g/mol. The highest BCUT2D eigenvalue weighted by atomic mass is 19.1.